The van der Waals surface area contributed by atoms with Gasteiger partial charge in [0.25, 0.3) is 5.56 Å². The van der Waals surface area contributed by atoms with Crippen LogP contribution in [0.3, 0.4) is 0 Å². The summed E-state index contributed by atoms with van der Waals surface area (Å²) in [6.07, 6.45) is 0.525. The van der Waals surface area contributed by atoms with Crippen molar-refractivity contribution in [1.29, 1.82) is 0 Å². The third-order valence-electron chi connectivity index (χ3n) is 4.13. The maximum atomic E-state index is 12.5. The Hall–Kier alpha value is -3.08. The Morgan fingerprint density at radius 1 is 1.17 bits per heavy atom. The molecular weight excluding hydrogens is 304 g/mol. The van der Waals surface area contributed by atoms with Gasteiger partial charge in [-0.05, 0) is 42.8 Å². The molecule has 3 aromatic rings. The highest BCUT2D eigenvalue weighted by Gasteiger charge is 2.22. The van der Waals surface area contributed by atoms with E-state index in [2.05, 4.69) is 9.97 Å². The number of benzene rings is 2. The van der Waals surface area contributed by atoms with E-state index in [0.717, 1.165) is 28.2 Å². The quantitative estimate of drug-likeness (QED) is 0.614. The van der Waals surface area contributed by atoms with Crippen molar-refractivity contribution in [3.8, 4) is 28.8 Å². The van der Waals surface area contributed by atoms with E-state index in [1.54, 1.807) is 7.11 Å². The van der Waals surface area contributed by atoms with E-state index < -0.39 is 0 Å². The lowest BCUT2D eigenvalue weighted by molar-refractivity contribution is 0.415. The highest BCUT2D eigenvalue weighted by atomic mass is 16.5. The largest absolute Gasteiger partial charge is 0.497 e. The fourth-order valence-corrected chi connectivity index (χ4v) is 2.84. The zero-order chi connectivity index (χ0) is 16.7. The van der Waals surface area contributed by atoms with Crippen LogP contribution in [0.2, 0.25) is 0 Å². The van der Waals surface area contributed by atoms with Crippen LogP contribution in [0.25, 0.3) is 11.4 Å². The zero-order valence-corrected chi connectivity index (χ0v) is 13.4. The van der Waals surface area contributed by atoms with E-state index in [-0.39, 0.29) is 5.56 Å². The van der Waals surface area contributed by atoms with Crippen LogP contribution < -0.4 is 15.0 Å². The van der Waals surface area contributed by atoms with E-state index in [4.69, 9.17) is 9.47 Å². The van der Waals surface area contributed by atoms with E-state index in [1.807, 2.05) is 49.4 Å². The minimum absolute atomic E-state index is 0.169. The van der Waals surface area contributed by atoms with Gasteiger partial charge in [0, 0.05) is 12.0 Å². The number of aryl methyl sites for hydroxylation is 1. The number of fused-ring (bicyclic) bond motifs is 2. The number of hydrogen-bond donors (Lipinski definition) is 1. The molecule has 0 amide bonds. The van der Waals surface area contributed by atoms with Crippen LogP contribution in [0, 0.1) is 6.92 Å². The highest BCUT2D eigenvalue weighted by molar-refractivity contribution is 5.58. The summed E-state index contributed by atoms with van der Waals surface area (Å²) < 4.78 is 11.0. The Morgan fingerprint density at radius 3 is 2.71 bits per heavy atom. The first-order valence-electron chi connectivity index (χ1n) is 7.69. The molecule has 0 bridgehead atoms. The molecule has 1 aromatic heterocycles. The summed E-state index contributed by atoms with van der Waals surface area (Å²) in [4.78, 5) is 19.8. The Bertz CT molecular complexity index is 975. The molecule has 5 heteroatoms. The van der Waals surface area contributed by atoms with Gasteiger partial charge in [0.1, 0.15) is 17.3 Å². The van der Waals surface area contributed by atoms with Crippen LogP contribution in [-0.2, 0) is 6.42 Å². The molecule has 0 saturated carbocycles. The molecule has 2 heterocycles. The van der Waals surface area contributed by atoms with Crippen LogP contribution in [0.5, 0.6) is 17.4 Å². The summed E-state index contributed by atoms with van der Waals surface area (Å²) in [6.45, 7) is 2.02. The van der Waals surface area contributed by atoms with Gasteiger partial charge in [-0.15, -0.1) is 0 Å². The number of nitrogens with zero attached hydrogens (tertiary/aromatic N) is 1. The molecule has 4 rings (SSSR count). The van der Waals surface area contributed by atoms with Gasteiger partial charge >= 0.3 is 0 Å². The Morgan fingerprint density at radius 2 is 1.96 bits per heavy atom. The molecule has 2 aromatic carbocycles. The first kappa shape index (κ1) is 14.5. The van der Waals surface area contributed by atoms with Crippen molar-refractivity contribution in [3.05, 3.63) is 69.5 Å². The van der Waals surface area contributed by atoms with Gasteiger partial charge in [0.05, 0.1) is 12.7 Å². The fraction of sp³-hybridized carbons (Fsp3) is 0.158. The zero-order valence-electron chi connectivity index (χ0n) is 13.4. The minimum Gasteiger partial charge on any atom is -0.497 e. The smallest absolute Gasteiger partial charge is 0.258 e. The van der Waals surface area contributed by atoms with Crippen molar-refractivity contribution in [2.24, 2.45) is 0 Å². The standard InChI is InChI=1S/C19H16N2O3/c1-11-3-8-16-13(9-11)10-15-18(22)20-17(21-19(15)24-16)12-4-6-14(23-2)7-5-12/h3-9H,10H2,1-2H3,(H,20,21,22). The molecule has 0 saturated heterocycles. The van der Waals surface area contributed by atoms with Gasteiger partial charge in [-0.25, -0.2) is 0 Å². The number of aromatic amines is 1. The molecule has 0 atom stereocenters. The summed E-state index contributed by atoms with van der Waals surface area (Å²) in [7, 11) is 1.61. The van der Waals surface area contributed by atoms with Crippen molar-refractivity contribution in [3.63, 3.8) is 0 Å². The molecule has 0 spiro atoms. The predicted octanol–water partition coefficient (Wildman–Crippen LogP) is 3.45. The number of ether oxygens (including phenoxy) is 2. The van der Waals surface area contributed by atoms with Crippen molar-refractivity contribution in [2.75, 3.05) is 7.11 Å². The number of rotatable bonds is 2. The fourth-order valence-electron chi connectivity index (χ4n) is 2.84. The lowest BCUT2D eigenvalue weighted by Gasteiger charge is -2.19. The Labute approximate surface area is 138 Å². The summed E-state index contributed by atoms with van der Waals surface area (Å²) >= 11 is 0. The van der Waals surface area contributed by atoms with Gasteiger partial charge in [-0.3, -0.25) is 4.79 Å². The first-order chi connectivity index (χ1) is 11.6. The number of methoxy groups -OCH3 is 1. The maximum absolute atomic E-state index is 12.5. The van der Waals surface area contributed by atoms with Crippen LogP contribution >= 0.6 is 0 Å². The number of nitrogens with one attached hydrogen (secondary N) is 1. The van der Waals surface area contributed by atoms with Crippen molar-refractivity contribution < 1.29 is 9.47 Å². The first-order valence-corrected chi connectivity index (χ1v) is 7.69. The molecule has 0 fully saturated rings. The molecule has 0 aliphatic carbocycles. The van der Waals surface area contributed by atoms with Gasteiger partial charge in [-0.2, -0.15) is 4.98 Å². The lowest BCUT2D eigenvalue weighted by Crippen LogP contribution is -2.20. The second-order valence-electron chi connectivity index (χ2n) is 5.82. The lowest BCUT2D eigenvalue weighted by atomic mass is 10.0. The SMILES string of the molecule is COc1ccc(-c2nc3c(c(=O)[nH]2)Cc2cc(C)ccc2O3)cc1. The molecule has 0 unspecified atom stereocenters. The van der Waals surface area contributed by atoms with Crippen LogP contribution in [0.1, 0.15) is 16.7 Å². The van der Waals surface area contributed by atoms with Gasteiger partial charge in [-0.1, -0.05) is 17.7 Å². The topological polar surface area (TPSA) is 64.2 Å². The average molecular weight is 320 g/mol. The van der Waals surface area contributed by atoms with E-state index in [9.17, 15) is 4.79 Å². The summed E-state index contributed by atoms with van der Waals surface area (Å²) in [5, 5.41) is 0. The molecule has 24 heavy (non-hydrogen) atoms. The summed E-state index contributed by atoms with van der Waals surface area (Å²) in [5.41, 5.74) is 3.34. The van der Waals surface area contributed by atoms with E-state index in [0.29, 0.717) is 23.7 Å². The summed E-state index contributed by atoms with van der Waals surface area (Å²) in [6, 6.07) is 13.3. The van der Waals surface area contributed by atoms with E-state index in [1.165, 1.54) is 0 Å². The van der Waals surface area contributed by atoms with Crippen LogP contribution in [-0.4, -0.2) is 17.1 Å². The molecule has 1 aliphatic heterocycles. The second kappa shape index (κ2) is 5.53. The molecule has 1 aliphatic rings. The number of hydrogen-bond acceptors (Lipinski definition) is 4. The number of aromatic nitrogens is 2. The Kier molecular flexibility index (Phi) is 3.34. The van der Waals surface area contributed by atoms with Crippen molar-refractivity contribution in [1.82, 2.24) is 9.97 Å². The van der Waals surface area contributed by atoms with Crippen molar-refractivity contribution >= 4 is 0 Å². The summed E-state index contributed by atoms with van der Waals surface area (Å²) in [5.74, 6) is 2.37. The molecular formula is C19H16N2O3. The minimum atomic E-state index is -0.169. The van der Waals surface area contributed by atoms with Gasteiger partial charge in [0.15, 0.2) is 0 Å². The van der Waals surface area contributed by atoms with Crippen LogP contribution in [0.4, 0.5) is 0 Å². The third kappa shape index (κ3) is 2.44. The second-order valence-corrected chi connectivity index (χ2v) is 5.82. The average Bonchev–Trinajstić information content (AvgIpc) is 2.60. The molecule has 120 valence electrons. The van der Waals surface area contributed by atoms with Crippen LogP contribution in [0.15, 0.2) is 47.3 Å². The maximum Gasteiger partial charge on any atom is 0.258 e. The normalized spacial score (nSPS) is 12.1. The third-order valence-corrected chi connectivity index (χ3v) is 4.13. The van der Waals surface area contributed by atoms with E-state index >= 15 is 0 Å². The predicted molar refractivity (Wildman–Crippen MR) is 90.9 cm³/mol. The monoisotopic (exact) mass is 320 g/mol. The van der Waals surface area contributed by atoms with Gasteiger partial charge in [0.2, 0.25) is 5.88 Å². The molecule has 5 nitrogen and oxygen atoms in total. The molecule has 0 radical (unpaired) electrons. The molecule has 1 N–H and O–H groups in total. The van der Waals surface area contributed by atoms with Gasteiger partial charge < -0.3 is 14.5 Å². The van der Waals surface area contributed by atoms with Crippen molar-refractivity contribution in [2.45, 2.75) is 13.3 Å². The highest BCUT2D eigenvalue weighted by Crippen LogP contribution is 2.34. The number of H-pyrrole nitrogens is 1. The Balaban J connectivity index is 1.77.